The predicted molar refractivity (Wildman–Crippen MR) is 97.9 cm³/mol. The number of hydrogen-bond donors (Lipinski definition) is 1. The number of thiophene rings is 1. The van der Waals surface area contributed by atoms with Crippen LogP contribution in [0.25, 0.3) is 0 Å². The second kappa shape index (κ2) is 8.11. The molecule has 2 rings (SSSR count). The van der Waals surface area contributed by atoms with Crippen molar-refractivity contribution in [2.75, 3.05) is 11.9 Å². The largest absolute Gasteiger partial charge is 0.451 e. The topological polar surface area (TPSA) is 55.4 Å². The number of rotatable bonds is 6. The number of hydrogen-bond acceptors (Lipinski definition) is 4. The van der Waals surface area contributed by atoms with Crippen LogP contribution < -0.4 is 5.32 Å². The maximum atomic E-state index is 12.1. The number of amides is 1. The molecule has 0 aliphatic heterocycles. The van der Waals surface area contributed by atoms with Crippen LogP contribution in [0.4, 0.5) is 5.69 Å². The van der Waals surface area contributed by atoms with Crippen molar-refractivity contribution >= 4 is 28.9 Å². The molecule has 0 aliphatic rings. The van der Waals surface area contributed by atoms with Gasteiger partial charge in [-0.2, -0.15) is 0 Å². The highest BCUT2D eigenvalue weighted by Crippen LogP contribution is 2.23. The lowest BCUT2D eigenvalue weighted by atomic mass is 10.1. The van der Waals surface area contributed by atoms with E-state index in [1.807, 2.05) is 45.0 Å². The van der Waals surface area contributed by atoms with Crippen molar-refractivity contribution in [1.29, 1.82) is 0 Å². The van der Waals surface area contributed by atoms with Crippen LogP contribution in [0, 0.1) is 20.8 Å². The minimum atomic E-state index is -0.443. The highest BCUT2D eigenvalue weighted by Gasteiger charge is 2.15. The first-order valence-electron chi connectivity index (χ1n) is 8.04. The summed E-state index contributed by atoms with van der Waals surface area (Å²) in [6, 6.07) is 7.57. The molecule has 0 aliphatic carbocycles. The zero-order valence-corrected chi connectivity index (χ0v) is 15.4. The number of carbonyl (C=O) groups is 2. The number of benzene rings is 1. The molecule has 0 saturated carbocycles. The van der Waals surface area contributed by atoms with E-state index in [1.54, 1.807) is 0 Å². The SMILES string of the molecule is CCCc1cc(C(=O)OCC(=O)Nc2cccc(C)c2C)sc1C. The molecule has 1 N–H and O–H groups in total. The standard InChI is InChI=1S/C19H23NO3S/c1-5-7-15-10-17(24-14(15)4)19(22)23-11-18(21)20-16-9-6-8-12(2)13(16)3/h6,8-10H,5,7,11H2,1-4H3,(H,20,21). The van der Waals surface area contributed by atoms with Crippen LogP contribution >= 0.6 is 11.3 Å². The number of carbonyl (C=O) groups excluding carboxylic acids is 2. The van der Waals surface area contributed by atoms with Gasteiger partial charge < -0.3 is 10.1 Å². The summed E-state index contributed by atoms with van der Waals surface area (Å²) in [6.45, 7) is 7.75. The van der Waals surface area contributed by atoms with Crippen LogP contribution in [0.1, 0.15) is 44.6 Å². The molecule has 0 saturated heterocycles. The molecule has 1 aromatic heterocycles. The lowest BCUT2D eigenvalue weighted by Gasteiger charge is -2.10. The first-order chi connectivity index (χ1) is 11.4. The molecule has 0 fully saturated rings. The Bertz CT molecular complexity index is 749. The molecule has 1 heterocycles. The molecule has 0 atom stereocenters. The van der Waals surface area contributed by atoms with Gasteiger partial charge in [0.1, 0.15) is 4.88 Å². The van der Waals surface area contributed by atoms with Crippen LogP contribution in [-0.4, -0.2) is 18.5 Å². The van der Waals surface area contributed by atoms with Gasteiger partial charge in [0.15, 0.2) is 6.61 Å². The zero-order chi connectivity index (χ0) is 17.7. The van der Waals surface area contributed by atoms with E-state index in [9.17, 15) is 9.59 Å². The number of ether oxygens (including phenoxy) is 1. The Balaban J connectivity index is 1.92. The van der Waals surface area contributed by atoms with Crippen molar-refractivity contribution in [1.82, 2.24) is 0 Å². The Labute approximate surface area is 146 Å². The van der Waals surface area contributed by atoms with Gasteiger partial charge in [0.25, 0.3) is 5.91 Å². The summed E-state index contributed by atoms with van der Waals surface area (Å²) in [7, 11) is 0. The Kier molecular flexibility index (Phi) is 6.15. The molecule has 0 spiro atoms. The monoisotopic (exact) mass is 345 g/mol. The minimum Gasteiger partial charge on any atom is -0.451 e. The highest BCUT2D eigenvalue weighted by molar-refractivity contribution is 7.14. The van der Waals surface area contributed by atoms with E-state index in [-0.39, 0.29) is 12.5 Å². The average Bonchev–Trinajstić information content (AvgIpc) is 2.91. The van der Waals surface area contributed by atoms with Gasteiger partial charge in [-0.25, -0.2) is 4.79 Å². The van der Waals surface area contributed by atoms with Gasteiger partial charge in [-0.1, -0.05) is 25.5 Å². The van der Waals surface area contributed by atoms with Gasteiger partial charge in [0.05, 0.1) is 0 Å². The third kappa shape index (κ3) is 4.45. The van der Waals surface area contributed by atoms with Crippen molar-refractivity contribution in [2.24, 2.45) is 0 Å². The summed E-state index contributed by atoms with van der Waals surface area (Å²) in [5.41, 5.74) is 4.03. The summed E-state index contributed by atoms with van der Waals surface area (Å²) in [5.74, 6) is -0.777. The molecular weight excluding hydrogens is 322 g/mol. The fourth-order valence-electron chi connectivity index (χ4n) is 2.41. The summed E-state index contributed by atoms with van der Waals surface area (Å²) in [5, 5.41) is 2.78. The van der Waals surface area contributed by atoms with Gasteiger partial charge in [0, 0.05) is 10.6 Å². The minimum absolute atomic E-state index is 0.285. The van der Waals surface area contributed by atoms with Crippen molar-refractivity contribution in [3.05, 3.63) is 50.7 Å². The average molecular weight is 345 g/mol. The maximum absolute atomic E-state index is 12.1. The van der Waals surface area contributed by atoms with Gasteiger partial charge in [-0.05, 0) is 56.0 Å². The molecule has 5 heteroatoms. The van der Waals surface area contributed by atoms with E-state index in [2.05, 4.69) is 12.2 Å². The second-order valence-corrected chi connectivity index (χ2v) is 7.07. The summed E-state index contributed by atoms with van der Waals surface area (Å²) >= 11 is 1.42. The smallest absolute Gasteiger partial charge is 0.348 e. The fourth-order valence-corrected chi connectivity index (χ4v) is 3.38. The van der Waals surface area contributed by atoms with Crippen LogP contribution in [0.15, 0.2) is 24.3 Å². The summed E-state index contributed by atoms with van der Waals surface area (Å²) in [6.07, 6.45) is 1.98. The molecule has 24 heavy (non-hydrogen) atoms. The Morgan fingerprint density at radius 2 is 1.96 bits per heavy atom. The molecule has 128 valence electrons. The van der Waals surface area contributed by atoms with Gasteiger partial charge in [0.2, 0.25) is 0 Å². The predicted octanol–water partition coefficient (Wildman–Crippen LogP) is 4.42. The molecule has 0 bridgehead atoms. The summed E-state index contributed by atoms with van der Waals surface area (Å²) in [4.78, 5) is 25.8. The highest BCUT2D eigenvalue weighted by atomic mass is 32.1. The van der Waals surface area contributed by atoms with Gasteiger partial charge >= 0.3 is 5.97 Å². The van der Waals surface area contributed by atoms with Crippen molar-refractivity contribution in [3.63, 3.8) is 0 Å². The molecule has 4 nitrogen and oxygen atoms in total. The molecule has 0 radical (unpaired) electrons. The Hall–Kier alpha value is -2.14. The van der Waals surface area contributed by atoms with E-state index in [0.717, 1.165) is 34.5 Å². The molecule has 1 amide bonds. The van der Waals surface area contributed by atoms with Gasteiger partial charge in [-0.15, -0.1) is 11.3 Å². The number of esters is 1. The van der Waals surface area contributed by atoms with Crippen LogP contribution in [0.3, 0.4) is 0 Å². The molecule has 0 unspecified atom stereocenters. The zero-order valence-electron chi connectivity index (χ0n) is 14.6. The van der Waals surface area contributed by atoms with Crippen molar-refractivity contribution < 1.29 is 14.3 Å². The Morgan fingerprint density at radius 3 is 2.67 bits per heavy atom. The van der Waals surface area contributed by atoms with Crippen LogP contribution in [-0.2, 0) is 16.0 Å². The third-order valence-electron chi connectivity index (χ3n) is 3.95. The number of anilines is 1. The summed E-state index contributed by atoms with van der Waals surface area (Å²) < 4.78 is 5.14. The van der Waals surface area contributed by atoms with E-state index >= 15 is 0 Å². The van der Waals surface area contributed by atoms with E-state index in [1.165, 1.54) is 16.9 Å². The van der Waals surface area contributed by atoms with Crippen molar-refractivity contribution in [3.8, 4) is 0 Å². The molecule has 2 aromatic rings. The lowest BCUT2D eigenvalue weighted by Crippen LogP contribution is -2.21. The first kappa shape index (κ1) is 18.2. The Morgan fingerprint density at radius 1 is 1.21 bits per heavy atom. The number of aryl methyl sites for hydroxylation is 3. The quantitative estimate of drug-likeness (QED) is 0.789. The van der Waals surface area contributed by atoms with E-state index in [0.29, 0.717) is 4.88 Å². The normalized spacial score (nSPS) is 10.5. The van der Waals surface area contributed by atoms with E-state index < -0.39 is 5.97 Å². The van der Waals surface area contributed by atoms with E-state index in [4.69, 9.17) is 4.74 Å². The van der Waals surface area contributed by atoms with Crippen molar-refractivity contribution in [2.45, 2.75) is 40.5 Å². The maximum Gasteiger partial charge on any atom is 0.348 e. The third-order valence-corrected chi connectivity index (χ3v) is 5.03. The fraction of sp³-hybridized carbons (Fsp3) is 0.368. The lowest BCUT2D eigenvalue weighted by molar-refractivity contribution is -0.119. The second-order valence-electron chi connectivity index (χ2n) is 5.81. The van der Waals surface area contributed by atoms with Crippen LogP contribution in [0.2, 0.25) is 0 Å². The number of nitrogens with one attached hydrogen (secondary N) is 1. The van der Waals surface area contributed by atoms with Crippen LogP contribution in [0.5, 0.6) is 0 Å². The first-order valence-corrected chi connectivity index (χ1v) is 8.86. The molecular formula is C19H23NO3S. The van der Waals surface area contributed by atoms with Gasteiger partial charge in [-0.3, -0.25) is 4.79 Å². The molecule has 1 aromatic carbocycles.